The average Bonchev–Trinajstić information content (AvgIpc) is 2.98. The van der Waals surface area contributed by atoms with Gasteiger partial charge in [0.1, 0.15) is 12.1 Å². The molecule has 2 atom stereocenters. The molecule has 0 unspecified atom stereocenters. The van der Waals surface area contributed by atoms with Crippen molar-refractivity contribution < 1.29 is 23.8 Å². The van der Waals surface area contributed by atoms with Gasteiger partial charge in [0.25, 0.3) is 5.56 Å². The number of methoxy groups -OCH3 is 1. The number of carbonyl (C=O) groups excluding carboxylic acids is 1. The van der Waals surface area contributed by atoms with Crippen LogP contribution in [-0.4, -0.2) is 64.4 Å². The molecule has 2 aromatic carbocycles. The van der Waals surface area contributed by atoms with Crippen molar-refractivity contribution in [2.45, 2.75) is 37.3 Å². The first kappa shape index (κ1) is 30.3. The van der Waals surface area contributed by atoms with Gasteiger partial charge in [0.05, 0.1) is 19.3 Å². The SMILES string of the molecule is COc1cc(Oc2ncn(CC3(O)CCN(C(=O)[C@@H]4CCNC[C@H]4c4ccccc4)CC3)c(=O)c2N)ccc1F.Cl. The highest BCUT2D eigenvalue weighted by Gasteiger charge is 2.39. The Hall–Kier alpha value is -3.67. The van der Waals surface area contributed by atoms with Crippen LogP contribution in [0, 0.1) is 11.7 Å². The van der Waals surface area contributed by atoms with Gasteiger partial charge in [0, 0.05) is 37.5 Å². The molecule has 220 valence electrons. The van der Waals surface area contributed by atoms with E-state index in [1.165, 1.54) is 36.2 Å². The summed E-state index contributed by atoms with van der Waals surface area (Å²) in [5.41, 5.74) is 5.17. The number of aliphatic hydroxyl groups is 1. The molecule has 3 heterocycles. The molecule has 0 saturated carbocycles. The number of anilines is 1. The maximum absolute atomic E-state index is 13.7. The van der Waals surface area contributed by atoms with Crippen LogP contribution in [0.5, 0.6) is 17.4 Å². The summed E-state index contributed by atoms with van der Waals surface area (Å²) in [6, 6.07) is 14.0. The molecule has 1 aromatic heterocycles. The van der Waals surface area contributed by atoms with Crippen molar-refractivity contribution in [3.05, 3.63) is 76.6 Å². The second-order valence-electron chi connectivity index (χ2n) is 10.5. The van der Waals surface area contributed by atoms with Gasteiger partial charge in [-0.1, -0.05) is 30.3 Å². The summed E-state index contributed by atoms with van der Waals surface area (Å²) >= 11 is 0. The molecular formula is C29H35ClFN5O5. The quantitative estimate of drug-likeness (QED) is 0.384. The van der Waals surface area contributed by atoms with Gasteiger partial charge in [-0.15, -0.1) is 12.4 Å². The molecule has 12 heteroatoms. The van der Waals surface area contributed by atoms with Crippen LogP contribution < -0.4 is 26.1 Å². The second kappa shape index (κ2) is 12.9. The third kappa shape index (κ3) is 6.64. The van der Waals surface area contributed by atoms with Gasteiger partial charge in [-0.25, -0.2) is 9.37 Å². The van der Waals surface area contributed by atoms with Crippen molar-refractivity contribution in [1.82, 2.24) is 19.8 Å². The molecule has 0 bridgehead atoms. The number of amides is 1. The number of halogens is 2. The fourth-order valence-electron chi connectivity index (χ4n) is 5.56. The number of hydrogen-bond acceptors (Lipinski definition) is 8. The molecule has 0 aliphatic carbocycles. The number of benzene rings is 2. The van der Waals surface area contributed by atoms with E-state index >= 15 is 0 Å². The number of nitrogens with one attached hydrogen (secondary N) is 1. The van der Waals surface area contributed by atoms with Crippen molar-refractivity contribution in [1.29, 1.82) is 0 Å². The minimum Gasteiger partial charge on any atom is -0.494 e. The topological polar surface area (TPSA) is 132 Å². The van der Waals surface area contributed by atoms with Crippen LogP contribution in [0.3, 0.4) is 0 Å². The normalized spacial score (nSPS) is 20.1. The summed E-state index contributed by atoms with van der Waals surface area (Å²) in [4.78, 5) is 32.5. The van der Waals surface area contributed by atoms with Crippen LogP contribution in [0.25, 0.3) is 0 Å². The summed E-state index contributed by atoms with van der Waals surface area (Å²) in [7, 11) is 1.33. The van der Waals surface area contributed by atoms with Crippen LogP contribution in [0.2, 0.25) is 0 Å². The van der Waals surface area contributed by atoms with E-state index in [0.717, 1.165) is 25.1 Å². The van der Waals surface area contributed by atoms with Gasteiger partial charge in [-0.05, 0) is 43.5 Å². The van der Waals surface area contributed by atoms with Crippen molar-refractivity contribution in [3.63, 3.8) is 0 Å². The number of hydrogen-bond donors (Lipinski definition) is 3. The molecule has 41 heavy (non-hydrogen) atoms. The highest BCUT2D eigenvalue weighted by Crippen LogP contribution is 2.33. The fourth-order valence-corrected chi connectivity index (χ4v) is 5.56. The Morgan fingerprint density at radius 1 is 1.22 bits per heavy atom. The lowest BCUT2D eigenvalue weighted by Crippen LogP contribution is -2.52. The maximum atomic E-state index is 13.7. The predicted octanol–water partition coefficient (Wildman–Crippen LogP) is 2.93. The van der Waals surface area contributed by atoms with Crippen LogP contribution in [0.4, 0.5) is 10.1 Å². The number of likely N-dealkylation sites (tertiary alicyclic amines) is 1. The Balaban J connectivity index is 0.00000387. The molecule has 3 aromatic rings. The van der Waals surface area contributed by atoms with E-state index in [4.69, 9.17) is 15.2 Å². The monoisotopic (exact) mass is 587 g/mol. The third-order valence-corrected chi connectivity index (χ3v) is 7.87. The zero-order valence-electron chi connectivity index (χ0n) is 22.8. The standard InChI is InChI=1S/C29H34FN5O5.ClH/c1-39-24-15-20(7-8-23(24)30)40-26-25(31)28(37)35(18-33-26)17-29(38)10-13-34(14-11-29)27(36)21-9-12-32-16-22(21)19-5-3-2-4-6-19;/h2-8,15,18,21-22,32,38H,9-14,16-17,31H2,1H3;1H/t21-,22+;/m1./s1. The zero-order chi connectivity index (χ0) is 28.3. The van der Waals surface area contributed by atoms with Gasteiger partial charge < -0.3 is 30.5 Å². The molecule has 2 aliphatic heterocycles. The molecule has 5 rings (SSSR count). The van der Waals surface area contributed by atoms with E-state index in [9.17, 15) is 19.1 Å². The molecule has 4 N–H and O–H groups in total. The Labute approximate surface area is 243 Å². The van der Waals surface area contributed by atoms with E-state index in [1.54, 1.807) is 0 Å². The smallest absolute Gasteiger partial charge is 0.280 e. The summed E-state index contributed by atoms with van der Waals surface area (Å²) in [5.74, 6) is -0.404. The average molecular weight is 588 g/mol. The largest absolute Gasteiger partial charge is 0.494 e. The van der Waals surface area contributed by atoms with E-state index in [2.05, 4.69) is 22.4 Å². The van der Waals surface area contributed by atoms with Gasteiger partial charge in [-0.2, -0.15) is 0 Å². The number of carbonyl (C=O) groups is 1. The minimum atomic E-state index is -1.20. The van der Waals surface area contributed by atoms with Gasteiger partial charge in [0.2, 0.25) is 11.8 Å². The first-order valence-electron chi connectivity index (χ1n) is 13.4. The highest BCUT2D eigenvalue weighted by atomic mass is 35.5. The first-order valence-corrected chi connectivity index (χ1v) is 13.4. The number of ether oxygens (including phenoxy) is 2. The number of rotatable bonds is 7. The van der Waals surface area contributed by atoms with E-state index in [0.29, 0.717) is 25.9 Å². The summed E-state index contributed by atoms with van der Waals surface area (Å²) in [6.45, 7) is 2.32. The summed E-state index contributed by atoms with van der Waals surface area (Å²) < 4.78 is 25.5. The lowest BCUT2D eigenvalue weighted by molar-refractivity contribution is -0.141. The summed E-state index contributed by atoms with van der Waals surface area (Å²) in [6.07, 6.45) is 2.67. The highest BCUT2D eigenvalue weighted by molar-refractivity contribution is 5.85. The molecule has 2 saturated heterocycles. The van der Waals surface area contributed by atoms with Gasteiger partial charge in [-0.3, -0.25) is 14.2 Å². The minimum absolute atomic E-state index is 0. The molecule has 1 amide bonds. The number of nitrogens with two attached hydrogens (primary N) is 1. The first-order chi connectivity index (χ1) is 19.3. The van der Waals surface area contributed by atoms with Crippen LogP contribution in [0.1, 0.15) is 30.7 Å². The lowest BCUT2D eigenvalue weighted by Gasteiger charge is -2.41. The molecule has 2 fully saturated rings. The van der Waals surface area contributed by atoms with Crippen molar-refractivity contribution in [2.75, 3.05) is 39.0 Å². The molecule has 2 aliphatic rings. The van der Waals surface area contributed by atoms with Crippen molar-refractivity contribution >= 4 is 24.0 Å². The van der Waals surface area contributed by atoms with Crippen molar-refractivity contribution in [3.8, 4) is 17.4 Å². The Kier molecular flexibility index (Phi) is 9.52. The van der Waals surface area contributed by atoms with E-state index < -0.39 is 17.0 Å². The fraction of sp³-hybridized carbons (Fsp3) is 0.414. The van der Waals surface area contributed by atoms with E-state index in [-0.39, 0.29) is 59.8 Å². The maximum Gasteiger partial charge on any atom is 0.280 e. The van der Waals surface area contributed by atoms with Crippen LogP contribution in [0.15, 0.2) is 59.7 Å². The lowest BCUT2D eigenvalue weighted by atomic mass is 9.80. The second-order valence-corrected chi connectivity index (χ2v) is 10.5. The Morgan fingerprint density at radius 2 is 1.95 bits per heavy atom. The zero-order valence-corrected chi connectivity index (χ0v) is 23.6. The molecule has 10 nitrogen and oxygen atoms in total. The van der Waals surface area contributed by atoms with E-state index in [1.807, 2.05) is 23.1 Å². The Bertz CT molecular complexity index is 1410. The summed E-state index contributed by atoms with van der Waals surface area (Å²) in [5, 5.41) is 14.7. The van der Waals surface area contributed by atoms with Gasteiger partial charge in [0.15, 0.2) is 17.3 Å². The predicted molar refractivity (Wildman–Crippen MR) is 154 cm³/mol. The third-order valence-electron chi connectivity index (χ3n) is 7.87. The van der Waals surface area contributed by atoms with Crippen LogP contribution in [-0.2, 0) is 11.3 Å². The Morgan fingerprint density at radius 3 is 2.66 bits per heavy atom. The van der Waals surface area contributed by atoms with Gasteiger partial charge >= 0.3 is 0 Å². The van der Waals surface area contributed by atoms with Crippen molar-refractivity contribution in [2.24, 2.45) is 5.92 Å². The van der Waals surface area contributed by atoms with Crippen LogP contribution >= 0.6 is 12.4 Å². The number of nitrogens with zero attached hydrogens (tertiary/aromatic N) is 3. The molecule has 0 radical (unpaired) electrons. The number of piperidine rings is 2. The molecule has 0 spiro atoms. The number of aromatic nitrogens is 2. The molecular weight excluding hydrogens is 553 g/mol. The number of nitrogen functional groups attached to an aromatic ring is 1.